The number of urea groups is 1. The third kappa shape index (κ3) is 4.85. The molecule has 8 heteroatoms. The van der Waals surface area contributed by atoms with Gasteiger partial charge in [-0.3, -0.25) is 14.9 Å². The Morgan fingerprint density at radius 2 is 1.81 bits per heavy atom. The minimum absolute atomic E-state index is 0.0713. The van der Waals surface area contributed by atoms with E-state index in [-0.39, 0.29) is 11.7 Å². The van der Waals surface area contributed by atoms with Gasteiger partial charge in [0.15, 0.2) is 11.5 Å². The molecule has 2 aromatic rings. The summed E-state index contributed by atoms with van der Waals surface area (Å²) < 4.78 is 12.2. The molecular weight excluding hydrogens is 476 g/mol. The van der Waals surface area contributed by atoms with Crippen molar-refractivity contribution in [2.75, 3.05) is 11.5 Å². The zero-order valence-electron chi connectivity index (χ0n) is 18.6. The van der Waals surface area contributed by atoms with E-state index in [0.717, 1.165) is 16.0 Å². The number of ether oxygens (including phenoxy) is 2. The molecule has 1 aliphatic heterocycles. The van der Waals surface area contributed by atoms with Crippen molar-refractivity contribution in [3.63, 3.8) is 0 Å². The molecule has 4 amide bonds. The van der Waals surface area contributed by atoms with E-state index in [1.165, 1.54) is 6.08 Å². The predicted octanol–water partition coefficient (Wildman–Crippen LogP) is 4.92. The zero-order valence-corrected chi connectivity index (χ0v) is 20.2. The van der Waals surface area contributed by atoms with Crippen molar-refractivity contribution < 1.29 is 23.9 Å². The fraction of sp³-hybridized carbons (Fsp3) is 0.292. The van der Waals surface area contributed by atoms with E-state index in [0.29, 0.717) is 33.8 Å². The van der Waals surface area contributed by atoms with Crippen molar-refractivity contribution in [2.24, 2.45) is 0 Å². The first-order chi connectivity index (χ1) is 15.1. The molecule has 0 aliphatic carbocycles. The first kappa shape index (κ1) is 23.5. The van der Waals surface area contributed by atoms with Gasteiger partial charge in [0.05, 0.1) is 22.9 Å². The van der Waals surface area contributed by atoms with E-state index < -0.39 is 17.8 Å². The molecule has 0 radical (unpaired) electrons. The number of hydrogen-bond donors (Lipinski definition) is 1. The van der Waals surface area contributed by atoms with Crippen molar-refractivity contribution in [3.05, 3.63) is 57.1 Å². The lowest BCUT2D eigenvalue weighted by Gasteiger charge is -2.27. The lowest BCUT2D eigenvalue weighted by Crippen LogP contribution is -2.54. The Bertz CT molecular complexity index is 1120. The van der Waals surface area contributed by atoms with Crippen LogP contribution in [0.1, 0.15) is 37.5 Å². The number of benzene rings is 2. The number of imide groups is 2. The van der Waals surface area contributed by atoms with E-state index >= 15 is 0 Å². The van der Waals surface area contributed by atoms with Crippen LogP contribution in [0.25, 0.3) is 6.08 Å². The second kappa shape index (κ2) is 9.56. The molecule has 3 rings (SSSR count). The molecule has 1 fully saturated rings. The summed E-state index contributed by atoms with van der Waals surface area (Å²) in [4.78, 5) is 39.1. The van der Waals surface area contributed by atoms with Crippen LogP contribution >= 0.6 is 15.9 Å². The van der Waals surface area contributed by atoms with Crippen LogP contribution < -0.4 is 19.7 Å². The average molecular weight is 501 g/mol. The Labute approximate surface area is 195 Å². The standard InChI is InChI=1S/C24H25BrN2O5/c1-6-31-20-12-16(11-19(25)21(20)32-13(2)3)10-18-22(28)26-24(30)27(23(18)29)17-8-7-14(4)15(5)9-17/h7-13H,6H2,1-5H3,(H,26,28,30)/b18-10+. The van der Waals surface area contributed by atoms with Crippen molar-refractivity contribution in [1.82, 2.24) is 5.32 Å². The maximum Gasteiger partial charge on any atom is 0.335 e. The molecule has 32 heavy (non-hydrogen) atoms. The summed E-state index contributed by atoms with van der Waals surface area (Å²) in [6.45, 7) is 9.90. The van der Waals surface area contributed by atoms with Crippen LogP contribution in [0.2, 0.25) is 0 Å². The van der Waals surface area contributed by atoms with Crippen molar-refractivity contribution in [1.29, 1.82) is 0 Å². The van der Waals surface area contributed by atoms with Crippen LogP contribution in [-0.4, -0.2) is 30.6 Å². The van der Waals surface area contributed by atoms with E-state index in [9.17, 15) is 14.4 Å². The van der Waals surface area contributed by atoms with Gasteiger partial charge >= 0.3 is 6.03 Å². The topological polar surface area (TPSA) is 84.9 Å². The van der Waals surface area contributed by atoms with Gasteiger partial charge in [0.2, 0.25) is 0 Å². The maximum absolute atomic E-state index is 13.2. The van der Waals surface area contributed by atoms with E-state index in [1.54, 1.807) is 24.3 Å². The second-order valence-electron chi connectivity index (χ2n) is 7.66. The highest BCUT2D eigenvalue weighted by molar-refractivity contribution is 9.10. The third-order valence-corrected chi connectivity index (χ3v) is 5.44. The molecule has 0 bridgehead atoms. The number of carbonyl (C=O) groups is 3. The molecule has 1 N–H and O–H groups in total. The van der Waals surface area contributed by atoms with E-state index in [1.807, 2.05) is 40.7 Å². The fourth-order valence-electron chi connectivity index (χ4n) is 3.21. The summed E-state index contributed by atoms with van der Waals surface area (Å²) >= 11 is 3.48. The summed E-state index contributed by atoms with van der Waals surface area (Å²) in [5, 5.41) is 2.25. The SMILES string of the molecule is CCOc1cc(/C=C2\C(=O)NC(=O)N(c3ccc(C)c(C)c3)C2=O)cc(Br)c1OC(C)C. The molecular formula is C24H25BrN2O5. The lowest BCUT2D eigenvalue weighted by molar-refractivity contribution is -0.122. The minimum atomic E-state index is -0.780. The molecule has 1 saturated heterocycles. The minimum Gasteiger partial charge on any atom is -0.490 e. The number of barbiturate groups is 1. The first-order valence-corrected chi connectivity index (χ1v) is 11.0. The van der Waals surface area contributed by atoms with Gasteiger partial charge in [-0.05, 0) is 97.6 Å². The number of halogens is 1. The van der Waals surface area contributed by atoms with Crippen LogP contribution in [0.4, 0.5) is 10.5 Å². The molecule has 0 unspecified atom stereocenters. The molecule has 0 spiro atoms. The number of anilines is 1. The van der Waals surface area contributed by atoms with Gasteiger partial charge in [-0.25, -0.2) is 9.69 Å². The van der Waals surface area contributed by atoms with Gasteiger partial charge in [0, 0.05) is 0 Å². The average Bonchev–Trinajstić information content (AvgIpc) is 2.70. The van der Waals surface area contributed by atoms with Gasteiger partial charge < -0.3 is 9.47 Å². The number of nitrogens with one attached hydrogen (secondary N) is 1. The summed E-state index contributed by atoms with van der Waals surface area (Å²) in [5.74, 6) is -0.432. The van der Waals surface area contributed by atoms with E-state index in [4.69, 9.17) is 9.47 Å². The van der Waals surface area contributed by atoms with Crippen LogP contribution in [0, 0.1) is 13.8 Å². The number of carbonyl (C=O) groups excluding carboxylic acids is 3. The predicted molar refractivity (Wildman–Crippen MR) is 126 cm³/mol. The zero-order chi connectivity index (χ0) is 23.6. The molecule has 2 aromatic carbocycles. The second-order valence-corrected chi connectivity index (χ2v) is 8.51. The van der Waals surface area contributed by atoms with Crippen molar-refractivity contribution in [2.45, 2.75) is 40.7 Å². The lowest BCUT2D eigenvalue weighted by atomic mass is 10.0. The Hall–Kier alpha value is -3.13. The monoisotopic (exact) mass is 500 g/mol. The molecule has 1 heterocycles. The van der Waals surface area contributed by atoms with Gasteiger partial charge in [-0.2, -0.15) is 0 Å². The van der Waals surface area contributed by atoms with Crippen molar-refractivity contribution >= 4 is 45.5 Å². The van der Waals surface area contributed by atoms with Crippen LogP contribution in [0.3, 0.4) is 0 Å². The maximum atomic E-state index is 13.2. The van der Waals surface area contributed by atoms with Crippen LogP contribution in [0.5, 0.6) is 11.5 Å². The van der Waals surface area contributed by atoms with Gasteiger partial charge in [-0.1, -0.05) is 6.07 Å². The molecule has 1 aliphatic rings. The molecule has 168 valence electrons. The summed E-state index contributed by atoms with van der Waals surface area (Å²) in [6.07, 6.45) is 1.36. The Morgan fingerprint density at radius 1 is 1.09 bits per heavy atom. The summed E-state index contributed by atoms with van der Waals surface area (Å²) in [5.41, 5.74) is 2.74. The molecule has 0 saturated carbocycles. The van der Waals surface area contributed by atoms with Gasteiger partial charge in [0.25, 0.3) is 11.8 Å². The normalized spacial score (nSPS) is 15.4. The number of nitrogens with zero attached hydrogens (tertiary/aromatic N) is 1. The highest BCUT2D eigenvalue weighted by Crippen LogP contribution is 2.38. The largest absolute Gasteiger partial charge is 0.490 e. The Morgan fingerprint density at radius 3 is 2.44 bits per heavy atom. The third-order valence-electron chi connectivity index (χ3n) is 4.85. The molecule has 0 aromatic heterocycles. The highest BCUT2D eigenvalue weighted by atomic mass is 79.9. The van der Waals surface area contributed by atoms with E-state index in [2.05, 4.69) is 21.2 Å². The number of amides is 4. The summed E-state index contributed by atoms with van der Waals surface area (Å²) in [7, 11) is 0. The Kier molecular flexibility index (Phi) is 7.03. The number of aryl methyl sites for hydroxylation is 2. The van der Waals surface area contributed by atoms with Crippen molar-refractivity contribution in [3.8, 4) is 11.5 Å². The first-order valence-electron chi connectivity index (χ1n) is 10.2. The quantitative estimate of drug-likeness (QED) is 0.449. The summed E-state index contributed by atoms with van der Waals surface area (Å²) in [6, 6.07) is 7.87. The van der Waals surface area contributed by atoms with Crippen LogP contribution in [0.15, 0.2) is 40.4 Å². The number of rotatable bonds is 6. The highest BCUT2D eigenvalue weighted by Gasteiger charge is 2.37. The fourth-order valence-corrected chi connectivity index (χ4v) is 3.76. The number of hydrogen-bond acceptors (Lipinski definition) is 5. The van der Waals surface area contributed by atoms with Gasteiger partial charge in [0.1, 0.15) is 5.57 Å². The smallest absolute Gasteiger partial charge is 0.335 e. The molecule has 0 atom stereocenters. The van der Waals surface area contributed by atoms with Crippen LogP contribution in [-0.2, 0) is 9.59 Å². The molecule has 7 nitrogen and oxygen atoms in total. The Balaban J connectivity index is 2.04. The van der Waals surface area contributed by atoms with Gasteiger partial charge in [-0.15, -0.1) is 0 Å².